The minimum atomic E-state index is -0.138. The lowest BCUT2D eigenvalue weighted by molar-refractivity contribution is 0.217. The molecular weight excluding hydrogens is 216 g/mol. The number of hydrogen-bond acceptors (Lipinski definition) is 2. The van der Waals surface area contributed by atoms with Gasteiger partial charge in [-0.3, -0.25) is 0 Å². The van der Waals surface area contributed by atoms with Crippen molar-refractivity contribution in [2.45, 2.75) is 6.54 Å². The van der Waals surface area contributed by atoms with Crippen LogP contribution < -0.4 is 5.32 Å². The van der Waals surface area contributed by atoms with Crippen molar-refractivity contribution in [3.05, 3.63) is 35.4 Å². The number of amides is 2. The van der Waals surface area contributed by atoms with E-state index in [1.54, 1.807) is 14.1 Å². The third-order valence-electron chi connectivity index (χ3n) is 2.12. The molecule has 0 heterocycles. The number of benzene rings is 1. The summed E-state index contributed by atoms with van der Waals surface area (Å²) in [6.45, 7) is 0.353. The van der Waals surface area contributed by atoms with Crippen molar-refractivity contribution in [2.75, 3.05) is 20.7 Å². The summed E-state index contributed by atoms with van der Waals surface area (Å²) in [7, 11) is 3.39. The highest BCUT2D eigenvalue weighted by molar-refractivity contribution is 5.73. The summed E-state index contributed by atoms with van der Waals surface area (Å²) in [5.41, 5.74) is 1.86. The lowest BCUT2D eigenvalue weighted by atomic mass is 10.1. The van der Waals surface area contributed by atoms with Gasteiger partial charge in [-0.15, -0.1) is 0 Å². The smallest absolute Gasteiger partial charge is 0.317 e. The molecule has 0 aliphatic carbocycles. The summed E-state index contributed by atoms with van der Waals surface area (Å²) in [6, 6.07) is 7.41. The molecule has 0 aliphatic heterocycles. The molecule has 0 aliphatic rings. The van der Waals surface area contributed by atoms with Gasteiger partial charge in [0.2, 0.25) is 0 Å². The van der Waals surface area contributed by atoms with Crippen LogP contribution in [0.1, 0.15) is 11.1 Å². The lowest BCUT2D eigenvalue weighted by Crippen LogP contribution is -2.33. The highest BCUT2D eigenvalue weighted by Crippen LogP contribution is 2.03. The Morgan fingerprint density at radius 3 is 2.53 bits per heavy atom. The van der Waals surface area contributed by atoms with Crippen LogP contribution >= 0.6 is 0 Å². The van der Waals surface area contributed by atoms with Crippen LogP contribution in [0.5, 0.6) is 0 Å². The molecule has 2 amide bonds. The van der Waals surface area contributed by atoms with Crippen LogP contribution in [0.3, 0.4) is 0 Å². The zero-order valence-electron chi connectivity index (χ0n) is 10.0. The maximum absolute atomic E-state index is 11.3. The van der Waals surface area contributed by atoms with Crippen molar-refractivity contribution in [1.29, 1.82) is 0 Å². The second-order valence-corrected chi connectivity index (χ2v) is 3.71. The fourth-order valence-electron chi connectivity index (χ4n) is 1.18. The molecule has 1 aromatic rings. The first-order chi connectivity index (χ1) is 8.13. The molecule has 4 heteroatoms. The summed E-state index contributed by atoms with van der Waals surface area (Å²) in [4.78, 5) is 12.8. The molecule has 0 bridgehead atoms. The van der Waals surface area contributed by atoms with E-state index >= 15 is 0 Å². The molecule has 90 valence electrons. The van der Waals surface area contributed by atoms with E-state index in [0.717, 1.165) is 11.1 Å². The van der Waals surface area contributed by atoms with E-state index in [0.29, 0.717) is 6.54 Å². The van der Waals surface area contributed by atoms with Crippen LogP contribution in [0.25, 0.3) is 0 Å². The van der Waals surface area contributed by atoms with Crippen LogP contribution in [0, 0.1) is 11.8 Å². The Bertz CT molecular complexity index is 427. The molecule has 0 radical (unpaired) electrons. The fourth-order valence-corrected chi connectivity index (χ4v) is 1.18. The van der Waals surface area contributed by atoms with Gasteiger partial charge in [-0.25, -0.2) is 4.79 Å². The molecule has 4 nitrogen and oxygen atoms in total. The Morgan fingerprint density at radius 2 is 2.00 bits per heavy atom. The maximum atomic E-state index is 11.3. The fraction of sp³-hybridized carbons (Fsp3) is 0.308. The average Bonchev–Trinajstić information content (AvgIpc) is 2.34. The minimum Gasteiger partial charge on any atom is -0.384 e. The Hall–Kier alpha value is -1.99. The van der Waals surface area contributed by atoms with Gasteiger partial charge in [-0.05, 0) is 17.7 Å². The lowest BCUT2D eigenvalue weighted by Gasteiger charge is -2.11. The van der Waals surface area contributed by atoms with Gasteiger partial charge in [0.05, 0.1) is 0 Å². The summed E-state index contributed by atoms with van der Waals surface area (Å²) >= 11 is 0. The monoisotopic (exact) mass is 232 g/mol. The summed E-state index contributed by atoms with van der Waals surface area (Å²) < 4.78 is 0. The maximum Gasteiger partial charge on any atom is 0.317 e. The molecule has 17 heavy (non-hydrogen) atoms. The molecular formula is C13H16N2O2. The van der Waals surface area contributed by atoms with E-state index in [9.17, 15) is 4.79 Å². The van der Waals surface area contributed by atoms with Crippen LogP contribution in [-0.2, 0) is 6.54 Å². The Balaban J connectivity index is 2.54. The largest absolute Gasteiger partial charge is 0.384 e. The van der Waals surface area contributed by atoms with Crippen LogP contribution in [0.15, 0.2) is 24.3 Å². The number of hydrogen-bond donors (Lipinski definition) is 2. The number of carbonyl (C=O) groups excluding carboxylic acids is 1. The molecule has 0 fully saturated rings. The van der Waals surface area contributed by atoms with Gasteiger partial charge in [0.1, 0.15) is 6.61 Å². The Morgan fingerprint density at radius 1 is 1.35 bits per heavy atom. The predicted octanol–water partition coefficient (Wildman–Crippen LogP) is 0.802. The van der Waals surface area contributed by atoms with E-state index in [-0.39, 0.29) is 12.6 Å². The van der Waals surface area contributed by atoms with Crippen LogP contribution in [-0.4, -0.2) is 36.7 Å². The van der Waals surface area contributed by atoms with Crippen LogP contribution in [0.4, 0.5) is 4.79 Å². The number of nitrogens with one attached hydrogen (secondary N) is 1. The zero-order chi connectivity index (χ0) is 12.7. The predicted molar refractivity (Wildman–Crippen MR) is 66.3 cm³/mol. The van der Waals surface area contributed by atoms with Gasteiger partial charge in [0.15, 0.2) is 0 Å². The number of urea groups is 1. The number of rotatable bonds is 2. The van der Waals surface area contributed by atoms with E-state index in [4.69, 9.17) is 5.11 Å². The van der Waals surface area contributed by atoms with Crippen molar-refractivity contribution in [3.63, 3.8) is 0 Å². The van der Waals surface area contributed by atoms with E-state index in [1.165, 1.54) is 4.90 Å². The second-order valence-electron chi connectivity index (χ2n) is 3.71. The molecule has 1 rings (SSSR count). The molecule has 0 aromatic heterocycles. The van der Waals surface area contributed by atoms with Gasteiger partial charge in [0, 0.05) is 26.2 Å². The van der Waals surface area contributed by atoms with Crippen molar-refractivity contribution in [2.24, 2.45) is 0 Å². The van der Waals surface area contributed by atoms with Crippen LogP contribution in [0.2, 0.25) is 0 Å². The van der Waals surface area contributed by atoms with E-state index in [1.807, 2.05) is 24.3 Å². The normalized spacial score (nSPS) is 9.12. The number of aliphatic hydroxyl groups excluding tert-OH is 1. The van der Waals surface area contributed by atoms with Gasteiger partial charge in [0.25, 0.3) is 0 Å². The molecule has 0 unspecified atom stereocenters. The number of nitrogens with zero attached hydrogens (tertiary/aromatic N) is 1. The summed E-state index contributed by atoms with van der Waals surface area (Å²) in [5, 5.41) is 11.3. The summed E-state index contributed by atoms with van der Waals surface area (Å²) in [5.74, 6) is 5.39. The highest BCUT2D eigenvalue weighted by atomic mass is 16.2. The minimum absolute atomic E-state index is 0.117. The first-order valence-corrected chi connectivity index (χ1v) is 5.27. The van der Waals surface area contributed by atoms with Gasteiger partial charge in [-0.1, -0.05) is 24.0 Å². The standard InChI is InChI=1S/C13H16N2O2/c1-15(2)13(17)14-10-12-7-5-11(6-8-12)4-3-9-16/h5-8,16H,9-10H2,1-2H3,(H,14,17). The first-order valence-electron chi connectivity index (χ1n) is 5.27. The Kier molecular flexibility index (Phi) is 5.05. The third-order valence-corrected chi connectivity index (χ3v) is 2.12. The molecule has 0 atom stereocenters. The van der Waals surface area contributed by atoms with Crippen molar-refractivity contribution < 1.29 is 9.90 Å². The second kappa shape index (κ2) is 6.56. The van der Waals surface area contributed by atoms with E-state index < -0.39 is 0 Å². The summed E-state index contributed by atoms with van der Waals surface area (Å²) in [6.07, 6.45) is 0. The highest BCUT2D eigenvalue weighted by Gasteiger charge is 2.01. The first kappa shape index (κ1) is 13.1. The molecule has 2 N–H and O–H groups in total. The zero-order valence-corrected chi connectivity index (χ0v) is 10.0. The van der Waals surface area contributed by atoms with Crippen molar-refractivity contribution in [1.82, 2.24) is 10.2 Å². The SMILES string of the molecule is CN(C)C(=O)NCc1ccc(C#CCO)cc1. The number of carbonyl (C=O) groups is 1. The molecule has 0 saturated heterocycles. The van der Waals surface area contributed by atoms with Crippen molar-refractivity contribution in [3.8, 4) is 11.8 Å². The number of aliphatic hydroxyl groups is 1. The topological polar surface area (TPSA) is 52.6 Å². The molecule has 1 aromatic carbocycles. The van der Waals surface area contributed by atoms with Gasteiger partial charge in [-0.2, -0.15) is 0 Å². The van der Waals surface area contributed by atoms with Gasteiger partial charge >= 0.3 is 6.03 Å². The average molecular weight is 232 g/mol. The van der Waals surface area contributed by atoms with Crippen molar-refractivity contribution >= 4 is 6.03 Å². The molecule has 0 spiro atoms. The third kappa shape index (κ3) is 4.58. The van der Waals surface area contributed by atoms with E-state index in [2.05, 4.69) is 17.2 Å². The Labute approximate surface area is 101 Å². The molecule has 0 saturated carbocycles. The van der Waals surface area contributed by atoms with Gasteiger partial charge < -0.3 is 15.3 Å². The quantitative estimate of drug-likeness (QED) is 0.741.